The van der Waals surface area contributed by atoms with E-state index >= 15 is 0 Å². The summed E-state index contributed by atoms with van der Waals surface area (Å²) in [6.07, 6.45) is 1.38. The molecule has 0 atom stereocenters. The second-order valence-corrected chi connectivity index (χ2v) is 2.64. The van der Waals surface area contributed by atoms with Gasteiger partial charge in [-0.15, -0.1) is 0 Å². The van der Waals surface area contributed by atoms with Crippen LogP contribution in [0.25, 0.3) is 10.8 Å². The Morgan fingerprint density at radius 2 is 2.23 bits per heavy atom. The lowest BCUT2D eigenvalue weighted by Crippen LogP contribution is -1.84. The minimum atomic E-state index is -0.311. The van der Waals surface area contributed by atoms with E-state index in [1.165, 1.54) is 12.3 Å². The molecule has 1 aromatic carbocycles. The van der Waals surface area contributed by atoms with Gasteiger partial charge in [0, 0.05) is 11.6 Å². The van der Waals surface area contributed by atoms with Crippen molar-refractivity contribution < 1.29 is 4.39 Å². The van der Waals surface area contributed by atoms with Crippen LogP contribution in [-0.2, 0) is 0 Å². The van der Waals surface area contributed by atoms with E-state index in [0.29, 0.717) is 16.5 Å². The van der Waals surface area contributed by atoms with Gasteiger partial charge >= 0.3 is 0 Å². The van der Waals surface area contributed by atoms with Gasteiger partial charge in [0.05, 0.1) is 0 Å². The molecular formula is C10H5FN2. The second-order valence-electron chi connectivity index (χ2n) is 2.64. The van der Waals surface area contributed by atoms with E-state index in [1.54, 1.807) is 18.2 Å². The first-order chi connectivity index (χ1) is 6.31. The van der Waals surface area contributed by atoms with Crippen molar-refractivity contribution in [2.24, 2.45) is 0 Å². The molecule has 0 saturated carbocycles. The molecule has 0 spiro atoms. The Balaban J connectivity index is 2.82. The molecular weight excluding hydrogens is 167 g/mol. The zero-order valence-corrected chi connectivity index (χ0v) is 6.66. The fourth-order valence-electron chi connectivity index (χ4n) is 1.20. The molecule has 0 fully saturated rings. The standard InChI is InChI=1S/C10H5FN2/c11-10-3-1-2-7-4-8(5-12)13-6-9(7)10/h1-4,6H. The molecule has 1 heterocycles. The van der Waals surface area contributed by atoms with Crippen molar-refractivity contribution in [1.82, 2.24) is 4.98 Å². The van der Waals surface area contributed by atoms with Crippen molar-refractivity contribution >= 4 is 10.8 Å². The first-order valence-corrected chi connectivity index (χ1v) is 3.75. The van der Waals surface area contributed by atoms with Crippen LogP contribution in [-0.4, -0.2) is 4.98 Å². The highest BCUT2D eigenvalue weighted by Gasteiger charge is 2.00. The maximum Gasteiger partial charge on any atom is 0.141 e. The number of nitrogens with zero attached hydrogens (tertiary/aromatic N) is 2. The maximum absolute atomic E-state index is 13.1. The molecule has 0 unspecified atom stereocenters. The Kier molecular flexibility index (Phi) is 1.67. The molecule has 13 heavy (non-hydrogen) atoms. The highest BCUT2D eigenvalue weighted by molar-refractivity contribution is 5.82. The molecule has 0 aliphatic heterocycles. The number of hydrogen-bond acceptors (Lipinski definition) is 2. The second kappa shape index (κ2) is 2.83. The number of aromatic nitrogens is 1. The summed E-state index contributed by atoms with van der Waals surface area (Å²) in [7, 11) is 0. The number of hydrogen-bond donors (Lipinski definition) is 0. The molecule has 0 saturated heterocycles. The highest BCUT2D eigenvalue weighted by atomic mass is 19.1. The molecule has 62 valence electrons. The number of rotatable bonds is 0. The topological polar surface area (TPSA) is 36.7 Å². The van der Waals surface area contributed by atoms with Gasteiger partial charge in [0.25, 0.3) is 0 Å². The van der Waals surface area contributed by atoms with Crippen LogP contribution in [0.4, 0.5) is 4.39 Å². The molecule has 2 aromatic rings. The van der Waals surface area contributed by atoms with E-state index in [0.717, 1.165) is 0 Å². The van der Waals surface area contributed by atoms with E-state index in [9.17, 15) is 4.39 Å². The molecule has 0 aliphatic rings. The van der Waals surface area contributed by atoms with Gasteiger partial charge in [-0.1, -0.05) is 12.1 Å². The molecule has 1 aromatic heterocycles. The fraction of sp³-hybridized carbons (Fsp3) is 0. The number of nitriles is 1. The molecule has 2 nitrogen and oxygen atoms in total. The van der Waals surface area contributed by atoms with Gasteiger partial charge in [0.1, 0.15) is 17.6 Å². The predicted octanol–water partition coefficient (Wildman–Crippen LogP) is 2.25. The van der Waals surface area contributed by atoms with E-state index < -0.39 is 0 Å². The monoisotopic (exact) mass is 172 g/mol. The van der Waals surface area contributed by atoms with Crippen molar-refractivity contribution in [3.8, 4) is 6.07 Å². The lowest BCUT2D eigenvalue weighted by molar-refractivity contribution is 0.639. The normalized spacial score (nSPS) is 9.85. The summed E-state index contributed by atoms with van der Waals surface area (Å²) >= 11 is 0. The molecule has 0 N–H and O–H groups in total. The molecule has 0 radical (unpaired) electrons. The third-order valence-electron chi connectivity index (χ3n) is 1.83. The van der Waals surface area contributed by atoms with E-state index in [2.05, 4.69) is 4.98 Å². The van der Waals surface area contributed by atoms with Gasteiger partial charge in [-0.3, -0.25) is 0 Å². The van der Waals surface area contributed by atoms with Crippen molar-refractivity contribution in [1.29, 1.82) is 5.26 Å². The summed E-state index contributed by atoms with van der Waals surface area (Å²) in [4.78, 5) is 3.79. The Labute approximate surface area is 74.3 Å². The van der Waals surface area contributed by atoms with Crippen LogP contribution in [0.2, 0.25) is 0 Å². The van der Waals surface area contributed by atoms with Crippen LogP contribution in [0.15, 0.2) is 30.5 Å². The van der Waals surface area contributed by atoms with E-state index in [1.807, 2.05) is 6.07 Å². The van der Waals surface area contributed by atoms with Crippen LogP contribution in [0.5, 0.6) is 0 Å². The fourth-order valence-corrected chi connectivity index (χ4v) is 1.20. The average molecular weight is 172 g/mol. The van der Waals surface area contributed by atoms with Gasteiger partial charge in [-0.05, 0) is 17.5 Å². The van der Waals surface area contributed by atoms with Gasteiger partial charge in [0.15, 0.2) is 0 Å². The van der Waals surface area contributed by atoms with Gasteiger partial charge in [-0.25, -0.2) is 9.37 Å². The summed E-state index contributed by atoms with van der Waals surface area (Å²) in [5.41, 5.74) is 0.304. The quantitative estimate of drug-likeness (QED) is 0.611. The summed E-state index contributed by atoms with van der Waals surface area (Å²) in [6, 6.07) is 8.20. The van der Waals surface area contributed by atoms with Crippen LogP contribution >= 0.6 is 0 Å². The lowest BCUT2D eigenvalue weighted by Gasteiger charge is -1.97. The minimum Gasteiger partial charge on any atom is -0.245 e. The lowest BCUT2D eigenvalue weighted by atomic mass is 10.1. The zero-order valence-electron chi connectivity index (χ0n) is 6.66. The number of benzene rings is 1. The number of pyridine rings is 1. The summed E-state index contributed by atoms with van der Waals surface area (Å²) in [5, 5.41) is 9.71. The van der Waals surface area contributed by atoms with Crippen LogP contribution in [0, 0.1) is 17.1 Å². The Hall–Kier alpha value is -1.95. The maximum atomic E-state index is 13.1. The van der Waals surface area contributed by atoms with Crippen LogP contribution < -0.4 is 0 Å². The van der Waals surface area contributed by atoms with Gasteiger partial charge in [-0.2, -0.15) is 5.26 Å². The SMILES string of the molecule is N#Cc1cc2cccc(F)c2cn1. The van der Waals surface area contributed by atoms with Crippen molar-refractivity contribution in [3.05, 3.63) is 42.0 Å². The largest absolute Gasteiger partial charge is 0.245 e. The third-order valence-corrected chi connectivity index (χ3v) is 1.83. The van der Waals surface area contributed by atoms with Crippen LogP contribution in [0.3, 0.4) is 0 Å². The number of halogens is 1. The first-order valence-electron chi connectivity index (χ1n) is 3.75. The van der Waals surface area contributed by atoms with Crippen molar-refractivity contribution in [2.75, 3.05) is 0 Å². The van der Waals surface area contributed by atoms with E-state index in [-0.39, 0.29) is 5.82 Å². The smallest absolute Gasteiger partial charge is 0.141 e. The Morgan fingerprint density at radius 3 is 3.00 bits per heavy atom. The zero-order chi connectivity index (χ0) is 9.26. The Morgan fingerprint density at radius 1 is 1.38 bits per heavy atom. The van der Waals surface area contributed by atoms with E-state index in [4.69, 9.17) is 5.26 Å². The summed E-state index contributed by atoms with van der Waals surface area (Å²) in [6.45, 7) is 0. The van der Waals surface area contributed by atoms with Crippen molar-refractivity contribution in [2.45, 2.75) is 0 Å². The molecule has 0 amide bonds. The predicted molar refractivity (Wildman–Crippen MR) is 46.4 cm³/mol. The van der Waals surface area contributed by atoms with Crippen LogP contribution in [0.1, 0.15) is 5.69 Å². The average Bonchev–Trinajstić information content (AvgIpc) is 2.18. The van der Waals surface area contributed by atoms with Gasteiger partial charge < -0.3 is 0 Å². The molecule has 2 rings (SSSR count). The molecule has 3 heteroatoms. The molecule has 0 bridgehead atoms. The Bertz CT molecular complexity index is 500. The van der Waals surface area contributed by atoms with Crippen molar-refractivity contribution in [3.63, 3.8) is 0 Å². The number of fused-ring (bicyclic) bond motifs is 1. The highest BCUT2D eigenvalue weighted by Crippen LogP contribution is 2.16. The van der Waals surface area contributed by atoms with Gasteiger partial charge in [0.2, 0.25) is 0 Å². The third kappa shape index (κ3) is 1.23. The first kappa shape index (κ1) is 7.69. The summed E-state index contributed by atoms with van der Waals surface area (Å²) in [5.74, 6) is -0.311. The summed E-state index contributed by atoms with van der Waals surface area (Å²) < 4.78 is 13.1. The minimum absolute atomic E-state index is 0.304. The molecule has 0 aliphatic carbocycles.